The van der Waals surface area contributed by atoms with E-state index in [1.54, 1.807) is 0 Å². The molecule has 0 aromatic carbocycles. The van der Waals surface area contributed by atoms with Gasteiger partial charge < -0.3 is 15.6 Å². The Morgan fingerprint density at radius 1 is 1.59 bits per heavy atom. The molecule has 96 valence electrons. The standard InChI is InChI=1S/C8H13N3O6/c1-3-4(11-15)2-8(17-10,7(13)14)16-5(3)6(9)12/h3-5H,2,10H2,1H3,(H2,9,12)(H,13,14). The first-order valence-corrected chi connectivity index (χ1v) is 4.79. The van der Waals surface area contributed by atoms with Gasteiger partial charge in [0.15, 0.2) is 0 Å². The van der Waals surface area contributed by atoms with Crippen LogP contribution in [0.3, 0.4) is 0 Å². The van der Waals surface area contributed by atoms with Crippen molar-refractivity contribution in [2.75, 3.05) is 0 Å². The van der Waals surface area contributed by atoms with E-state index in [0.29, 0.717) is 0 Å². The molecule has 9 heteroatoms. The van der Waals surface area contributed by atoms with Crippen molar-refractivity contribution >= 4 is 11.9 Å². The highest BCUT2D eigenvalue weighted by Gasteiger charge is 2.54. The molecule has 1 aliphatic rings. The number of carboxylic acid groups (broad SMARTS) is 1. The van der Waals surface area contributed by atoms with Gasteiger partial charge in [-0.3, -0.25) is 9.63 Å². The number of hydrogen-bond acceptors (Lipinski definition) is 7. The van der Waals surface area contributed by atoms with Crippen LogP contribution in [0.25, 0.3) is 0 Å². The van der Waals surface area contributed by atoms with E-state index in [2.05, 4.69) is 10.0 Å². The number of hydrogen-bond donors (Lipinski definition) is 3. The van der Waals surface area contributed by atoms with Crippen LogP contribution in [0.1, 0.15) is 13.3 Å². The molecule has 0 radical (unpaired) electrons. The summed E-state index contributed by atoms with van der Waals surface area (Å²) in [5.74, 6) is -0.515. The van der Waals surface area contributed by atoms with Crippen molar-refractivity contribution in [2.45, 2.75) is 31.3 Å². The molecule has 0 aromatic heterocycles. The lowest BCUT2D eigenvalue weighted by molar-refractivity contribution is -0.284. The molecule has 4 unspecified atom stereocenters. The van der Waals surface area contributed by atoms with Gasteiger partial charge in [-0.05, 0) is 0 Å². The van der Waals surface area contributed by atoms with Crippen LogP contribution >= 0.6 is 0 Å². The van der Waals surface area contributed by atoms with Crippen LogP contribution in [-0.2, 0) is 19.2 Å². The average Bonchev–Trinajstić information content (AvgIpc) is 2.29. The average molecular weight is 247 g/mol. The molecule has 0 bridgehead atoms. The molecule has 0 saturated carbocycles. The number of rotatable bonds is 4. The minimum Gasteiger partial charge on any atom is -0.477 e. The Kier molecular flexibility index (Phi) is 3.76. The molecular formula is C8H13N3O6. The molecule has 9 nitrogen and oxygen atoms in total. The zero-order valence-electron chi connectivity index (χ0n) is 9.03. The molecular weight excluding hydrogens is 234 g/mol. The number of ether oxygens (including phenoxy) is 1. The quantitative estimate of drug-likeness (QED) is 0.412. The first kappa shape index (κ1) is 13.5. The van der Waals surface area contributed by atoms with Crippen LogP contribution in [-0.4, -0.2) is 34.9 Å². The fraction of sp³-hybridized carbons (Fsp3) is 0.750. The van der Waals surface area contributed by atoms with Gasteiger partial charge in [-0.2, -0.15) is 4.91 Å². The molecule has 1 saturated heterocycles. The third kappa shape index (κ3) is 2.25. The summed E-state index contributed by atoms with van der Waals surface area (Å²) in [6, 6.07) is -0.985. The Balaban J connectivity index is 3.09. The molecule has 1 aliphatic heterocycles. The summed E-state index contributed by atoms with van der Waals surface area (Å²) in [6.45, 7) is 1.50. The number of amides is 1. The first-order chi connectivity index (χ1) is 7.88. The second kappa shape index (κ2) is 4.73. The summed E-state index contributed by atoms with van der Waals surface area (Å²) in [5.41, 5.74) is 5.05. The Morgan fingerprint density at radius 3 is 2.53 bits per heavy atom. The van der Waals surface area contributed by atoms with Crippen molar-refractivity contribution in [1.82, 2.24) is 0 Å². The summed E-state index contributed by atoms with van der Waals surface area (Å²) in [4.78, 5) is 37.0. The van der Waals surface area contributed by atoms with Gasteiger partial charge in [-0.15, -0.1) is 0 Å². The largest absolute Gasteiger partial charge is 0.477 e. The minimum absolute atomic E-state index is 0.382. The van der Waals surface area contributed by atoms with Gasteiger partial charge in [0.25, 0.3) is 5.79 Å². The summed E-state index contributed by atoms with van der Waals surface area (Å²) < 4.78 is 4.97. The second-order valence-electron chi connectivity index (χ2n) is 3.85. The van der Waals surface area contributed by atoms with E-state index in [0.717, 1.165) is 0 Å². The molecule has 1 fully saturated rings. The second-order valence-corrected chi connectivity index (χ2v) is 3.85. The highest BCUT2D eigenvalue weighted by Crippen LogP contribution is 2.34. The zero-order valence-corrected chi connectivity index (χ0v) is 9.03. The molecule has 0 aliphatic carbocycles. The van der Waals surface area contributed by atoms with E-state index in [1.165, 1.54) is 6.92 Å². The van der Waals surface area contributed by atoms with Crippen molar-refractivity contribution in [1.29, 1.82) is 0 Å². The SMILES string of the molecule is CC1C(N=O)CC(ON)(C(=O)O)OC1C(N)=O. The van der Waals surface area contributed by atoms with Crippen molar-refractivity contribution in [3.05, 3.63) is 4.91 Å². The van der Waals surface area contributed by atoms with E-state index < -0.39 is 35.7 Å². The van der Waals surface area contributed by atoms with Crippen LogP contribution < -0.4 is 11.6 Å². The lowest BCUT2D eigenvalue weighted by Gasteiger charge is -2.40. The van der Waals surface area contributed by atoms with Crippen molar-refractivity contribution in [3.8, 4) is 0 Å². The number of carbonyl (C=O) groups is 2. The van der Waals surface area contributed by atoms with Crippen LogP contribution in [0.5, 0.6) is 0 Å². The van der Waals surface area contributed by atoms with Crippen molar-refractivity contribution < 1.29 is 24.3 Å². The lowest BCUT2D eigenvalue weighted by atomic mass is 9.86. The molecule has 17 heavy (non-hydrogen) atoms. The van der Waals surface area contributed by atoms with Gasteiger partial charge in [0.05, 0.1) is 0 Å². The van der Waals surface area contributed by atoms with Crippen LogP contribution in [0.2, 0.25) is 0 Å². The molecule has 1 amide bonds. The summed E-state index contributed by atoms with van der Waals surface area (Å²) >= 11 is 0. The Bertz CT molecular complexity index is 348. The maximum absolute atomic E-state index is 11.1. The van der Waals surface area contributed by atoms with Crippen LogP contribution in [0.15, 0.2) is 5.18 Å². The highest BCUT2D eigenvalue weighted by molar-refractivity contribution is 5.81. The fourth-order valence-corrected chi connectivity index (χ4v) is 1.74. The number of carbonyl (C=O) groups excluding carboxylic acids is 1. The number of nitroso groups, excluding NO2 is 1. The molecule has 1 rings (SSSR count). The Hall–Kier alpha value is -1.58. The van der Waals surface area contributed by atoms with E-state index in [9.17, 15) is 14.5 Å². The molecule has 0 spiro atoms. The molecule has 1 heterocycles. The number of nitrogens with two attached hydrogens (primary N) is 2. The smallest absolute Gasteiger partial charge is 0.366 e. The van der Waals surface area contributed by atoms with E-state index in [4.69, 9.17) is 21.5 Å². The zero-order chi connectivity index (χ0) is 13.2. The van der Waals surface area contributed by atoms with Gasteiger partial charge in [-0.25, -0.2) is 10.7 Å². The molecule has 0 aromatic rings. The molecule has 4 atom stereocenters. The maximum Gasteiger partial charge on any atom is 0.366 e. The van der Waals surface area contributed by atoms with E-state index in [1.807, 2.05) is 0 Å². The lowest BCUT2D eigenvalue weighted by Crippen LogP contribution is -2.60. The highest BCUT2D eigenvalue weighted by atomic mass is 16.8. The van der Waals surface area contributed by atoms with Crippen LogP contribution in [0, 0.1) is 10.8 Å². The third-order valence-electron chi connectivity index (χ3n) is 2.81. The van der Waals surface area contributed by atoms with Gasteiger partial charge in [0.2, 0.25) is 5.91 Å². The monoisotopic (exact) mass is 247 g/mol. The van der Waals surface area contributed by atoms with Crippen molar-refractivity contribution in [3.63, 3.8) is 0 Å². The Morgan fingerprint density at radius 2 is 2.18 bits per heavy atom. The predicted molar refractivity (Wildman–Crippen MR) is 53.1 cm³/mol. The van der Waals surface area contributed by atoms with Gasteiger partial charge in [0.1, 0.15) is 12.1 Å². The Labute approximate surface area is 96.0 Å². The number of aliphatic carboxylic acids is 1. The summed E-state index contributed by atoms with van der Waals surface area (Å²) in [6.07, 6.45) is -1.68. The molecule has 5 N–H and O–H groups in total. The van der Waals surface area contributed by atoms with Gasteiger partial charge in [-0.1, -0.05) is 12.1 Å². The normalized spacial score (nSPS) is 37.4. The van der Waals surface area contributed by atoms with Crippen LogP contribution in [0.4, 0.5) is 0 Å². The maximum atomic E-state index is 11.1. The number of nitrogens with zero attached hydrogens (tertiary/aromatic N) is 1. The van der Waals surface area contributed by atoms with Gasteiger partial charge >= 0.3 is 5.97 Å². The number of carboxylic acids is 1. The summed E-state index contributed by atoms with van der Waals surface area (Å²) in [7, 11) is 0. The van der Waals surface area contributed by atoms with E-state index in [-0.39, 0.29) is 6.42 Å². The van der Waals surface area contributed by atoms with E-state index >= 15 is 0 Å². The minimum atomic E-state index is -2.27. The fourth-order valence-electron chi connectivity index (χ4n) is 1.74. The third-order valence-corrected chi connectivity index (χ3v) is 2.81. The van der Waals surface area contributed by atoms with Gasteiger partial charge in [0, 0.05) is 12.3 Å². The number of primary amides is 1. The predicted octanol–water partition coefficient (Wildman–Crippen LogP) is -1.30. The van der Waals surface area contributed by atoms with Crippen molar-refractivity contribution in [2.24, 2.45) is 22.7 Å². The topological polar surface area (TPSA) is 154 Å². The first-order valence-electron chi connectivity index (χ1n) is 4.79. The summed E-state index contributed by atoms with van der Waals surface area (Å²) in [5, 5.41) is 11.7.